The maximum Gasteiger partial charge on any atom is 0.321 e. The third kappa shape index (κ3) is 1.65. The molecule has 4 aliphatic rings. The number of hydrogen-bond donors (Lipinski definition) is 0. The Morgan fingerprint density at radius 3 is 2.76 bits per heavy atom. The molecule has 0 N–H and O–H groups in total. The van der Waals surface area contributed by atoms with Gasteiger partial charge in [0.25, 0.3) is 0 Å². The third-order valence-corrected chi connectivity index (χ3v) is 7.46. The molecule has 2 aromatic rings. The normalized spacial score (nSPS) is 36.2. The van der Waals surface area contributed by atoms with Crippen LogP contribution < -0.4 is 0 Å². The summed E-state index contributed by atoms with van der Waals surface area (Å²) in [5.41, 5.74) is 1.30. The van der Waals surface area contributed by atoms with E-state index in [1.54, 1.807) is 0 Å². The van der Waals surface area contributed by atoms with Crippen LogP contribution in [0.25, 0.3) is 10.8 Å². The van der Waals surface area contributed by atoms with Crippen LogP contribution in [0.1, 0.15) is 44.1 Å². The van der Waals surface area contributed by atoms with E-state index in [9.17, 15) is 4.79 Å². The summed E-state index contributed by atoms with van der Waals surface area (Å²) in [5, 5.41) is 2.59. The van der Waals surface area contributed by atoms with Crippen molar-refractivity contribution in [2.24, 2.45) is 5.92 Å². The van der Waals surface area contributed by atoms with Crippen molar-refractivity contribution in [1.29, 1.82) is 0 Å². The molecular weight excluding hydrogens is 308 g/mol. The van der Waals surface area contributed by atoms with Crippen LogP contribution in [-0.2, 0) is 5.54 Å². The van der Waals surface area contributed by atoms with Crippen molar-refractivity contribution in [3.8, 4) is 0 Å². The highest BCUT2D eigenvalue weighted by molar-refractivity contribution is 5.85. The van der Waals surface area contributed by atoms with Crippen molar-refractivity contribution >= 4 is 16.8 Å². The van der Waals surface area contributed by atoms with Crippen molar-refractivity contribution in [3.63, 3.8) is 0 Å². The summed E-state index contributed by atoms with van der Waals surface area (Å²) >= 11 is 0. The molecule has 0 spiro atoms. The average molecular weight is 332 g/mol. The number of benzene rings is 2. The monoisotopic (exact) mass is 332 g/mol. The summed E-state index contributed by atoms with van der Waals surface area (Å²) < 4.78 is 0. The summed E-state index contributed by atoms with van der Waals surface area (Å²) in [6, 6.07) is 16.7. The maximum absolute atomic E-state index is 13.3. The predicted molar refractivity (Wildman–Crippen MR) is 98.3 cm³/mol. The molecule has 1 aliphatic carbocycles. The summed E-state index contributed by atoms with van der Waals surface area (Å²) in [5.74, 6) is 0.707. The quantitative estimate of drug-likeness (QED) is 0.754. The van der Waals surface area contributed by atoms with Gasteiger partial charge in [-0.3, -0.25) is 0 Å². The van der Waals surface area contributed by atoms with Gasteiger partial charge in [-0.2, -0.15) is 0 Å². The first-order valence-corrected chi connectivity index (χ1v) is 9.88. The molecule has 4 atom stereocenters. The molecule has 3 heteroatoms. The molecule has 3 nitrogen and oxygen atoms in total. The number of rotatable bonds is 1. The van der Waals surface area contributed by atoms with Crippen LogP contribution in [0.2, 0.25) is 0 Å². The van der Waals surface area contributed by atoms with Gasteiger partial charge in [0.1, 0.15) is 0 Å². The fraction of sp³-hybridized carbons (Fsp3) is 0.500. The average Bonchev–Trinajstić information content (AvgIpc) is 3.36. The number of fused-ring (bicyclic) bond motifs is 6. The first-order chi connectivity index (χ1) is 12.3. The summed E-state index contributed by atoms with van der Waals surface area (Å²) in [4.78, 5) is 17.8. The van der Waals surface area contributed by atoms with Gasteiger partial charge in [0.2, 0.25) is 0 Å². The number of carbonyl (C=O) groups excluding carboxylic acids is 1. The summed E-state index contributed by atoms with van der Waals surface area (Å²) in [6.07, 6.45) is 7.28. The lowest BCUT2D eigenvalue weighted by atomic mass is 9.78. The topological polar surface area (TPSA) is 23.6 Å². The molecule has 3 heterocycles. The van der Waals surface area contributed by atoms with E-state index in [4.69, 9.17) is 0 Å². The predicted octanol–water partition coefficient (Wildman–Crippen LogP) is 4.51. The van der Waals surface area contributed by atoms with E-state index in [-0.39, 0.29) is 5.54 Å². The molecule has 25 heavy (non-hydrogen) atoms. The number of carbonyl (C=O) groups is 1. The van der Waals surface area contributed by atoms with Gasteiger partial charge in [-0.05, 0) is 60.4 Å². The van der Waals surface area contributed by atoms with Gasteiger partial charge in [0, 0.05) is 12.6 Å². The van der Waals surface area contributed by atoms with Gasteiger partial charge >= 0.3 is 6.03 Å². The molecule has 3 saturated heterocycles. The van der Waals surface area contributed by atoms with Crippen molar-refractivity contribution in [2.45, 2.75) is 56.1 Å². The molecule has 0 aromatic heterocycles. The van der Waals surface area contributed by atoms with E-state index < -0.39 is 0 Å². The minimum absolute atomic E-state index is 0.0760. The highest BCUT2D eigenvalue weighted by atomic mass is 16.2. The Labute approximate surface area is 148 Å². The second-order valence-corrected chi connectivity index (χ2v) is 8.45. The summed E-state index contributed by atoms with van der Waals surface area (Å²) in [6.45, 7) is 0.951. The highest BCUT2D eigenvalue weighted by Crippen LogP contribution is 2.59. The maximum atomic E-state index is 13.3. The Hall–Kier alpha value is -2.03. The zero-order valence-electron chi connectivity index (χ0n) is 14.5. The molecular formula is C22H24N2O. The molecule has 1 saturated carbocycles. The molecule has 2 amide bonds. The van der Waals surface area contributed by atoms with E-state index in [1.807, 2.05) is 0 Å². The van der Waals surface area contributed by atoms with E-state index >= 15 is 0 Å². The van der Waals surface area contributed by atoms with Gasteiger partial charge in [0.05, 0.1) is 11.6 Å². The molecule has 6 rings (SSSR count). The smallest absolute Gasteiger partial charge is 0.319 e. The molecule has 4 fully saturated rings. The van der Waals surface area contributed by atoms with Crippen LogP contribution >= 0.6 is 0 Å². The molecule has 3 aliphatic heterocycles. The lowest BCUT2D eigenvalue weighted by Crippen LogP contribution is -2.46. The lowest BCUT2D eigenvalue weighted by molar-refractivity contribution is 0.144. The zero-order chi connectivity index (χ0) is 16.6. The van der Waals surface area contributed by atoms with Gasteiger partial charge in [0.15, 0.2) is 0 Å². The second kappa shape index (κ2) is 4.78. The molecule has 0 bridgehead atoms. The fourth-order valence-electron chi connectivity index (χ4n) is 6.54. The number of hydrogen-bond acceptors (Lipinski definition) is 1. The van der Waals surface area contributed by atoms with Gasteiger partial charge in [-0.1, -0.05) is 42.8 Å². The Morgan fingerprint density at radius 2 is 1.84 bits per heavy atom. The van der Waals surface area contributed by atoms with Gasteiger partial charge in [-0.15, -0.1) is 0 Å². The van der Waals surface area contributed by atoms with Crippen LogP contribution in [0.3, 0.4) is 0 Å². The van der Waals surface area contributed by atoms with E-state index in [0.717, 1.165) is 19.4 Å². The SMILES string of the molecule is O=C1N2CCC[C@@H]2[C@]2(c3ccc4ccccc4c3)C[C@H]3CCC[C@H]3N12. The van der Waals surface area contributed by atoms with E-state index in [1.165, 1.54) is 42.0 Å². The van der Waals surface area contributed by atoms with Crippen LogP contribution in [0.5, 0.6) is 0 Å². The Bertz CT molecular complexity index is 877. The highest BCUT2D eigenvalue weighted by Gasteiger charge is 2.66. The number of amides is 2. The minimum atomic E-state index is -0.0760. The first kappa shape index (κ1) is 14.2. The van der Waals surface area contributed by atoms with Crippen molar-refractivity contribution in [3.05, 3.63) is 48.0 Å². The molecule has 0 radical (unpaired) electrons. The van der Waals surface area contributed by atoms with Crippen LogP contribution in [0.15, 0.2) is 42.5 Å². The largest absolute Gasteiger partial charge is 0.321 e. The Balaban J connectivity index is 1.57. The molecule has 0 unspecified atom stereocenters. The second-order valence-electron chi connectivity index (χ2n) is 8.45. The van der Waals surface area contributed by atoms with Crippen molar-refractivity contribution in [2.75, 3.05) is 6.54 Å². The minimum Gasteiger partial charge on any atom is -0.319 e. The van der Waals surface area contributed by atoms with E-state index in [2.05, 4.69) is 52.3 Å². The number of nitrogens with zero attached hydrogens (tertiary/aromatic N) is 2. The standard InChI is InChI=1S/C22H24N2O/c25-21-23-12-4-9-20(23)22(14-17-7-3-8-19(17)24(21)22)18-11-10-15-5-1-2-6-16(15)13-18/h1-2,5-6,10-11,13,17,19-20H,3-4,7-9,12,14H2/t17-,19-,20-,22-/m1/s1. The zero-order valence-corrected chi connectivity index (χ0v) is 14.5. The Morgan fingerprint density at radius 1 is 0.960 bits per heavy atom. The van der Waals surface area contributed by atoms with Crippen molar-refractivity contribution in [1.82, 2.24) is 9.80 Å². The first-order valence-electron chi connectivity index (χ1n) is 9.88. The van der Waals surface area contributed by atoms with Gasteiger partial charge < -0.3 is 9.80 Å². The third-order valence-electron chi connectivity index (χ3n) is 7.46. The van der Waals surface area contributed by atoms with Crippen molar-refractivity contribution < 1.29 is 4.79 Å². The number of urea groups is 1. The van der Waals surface area contributed by atoms with Crippen LogP contribution in [-0.4, -0.2) is 34.5 Å². The summed E-state index contributed by atoms with van der Waals surface area (Å²) in [7, 11) is 0. The molecule has 128 valence electrons. The Kier molecular flexibility index (Phi) is 2.71. The van der Waals surface area contributed by atoms with Gasteiger partial charge in [-0.25, -0.2) is 4.79 Å². The van der Waals surface area contributed by atoms with E-state index in [0.29, 0.717) is 24.0 Å². The molecule has 2 aromatic carbocycles. The van der Waals surface area contributed by atoms with Crippen LogP contribution in [0.4, 0.5) is 4.79 Å². The lowest BCUT2D eigenvalue weighted by Gasteiger charge is -2.38. The van der Waals surface area contributed by atoms with Crippen LogP contribution in [0, 0.1) is 5.92 Å². The fourth-order valence-corrected chi connectivity index (χ4v) is 6.54.